The van der Waals surface area contributed by atoms with Gasteiger partial charge < -0.3 is 13.9 Å². The van der Waals surface area contributed by atoms with Crippen LogP contribution in [0.1, 0.15) is 44.7 Å². The smallest absolute Gasteiger partial charge is 0.334 e. The van der Waals surface area contributed by atoms with Gasteiger partial charge in [0.15, 0.2) is 15.9 Å². The molecule has 1 fully saturated rings. The molecule has 2 aromatic carbocycles. The molecule has 0 saturated carbocycles. The summed E-state index contributed by atoms with van der Waals surface area (Å²) in [5.41, 5.74) is 1.40. The van der Waals surface area contributed by atoms with E-state index in [0.29, 0.717) is 6.42 Å². The number of hydrogen-bond donors (Lipinski definition) is 0. The Bertz CT molecular complexity index is 731. The maximum absolute atomic E-state index is 12.1. The molecule has 2 aromatic rings. The topological polar surface area (TPSA) is 44.8 Å². The van der Waals surface area contributed by atoms with Crippen LogP contribution in [0.4, 0.5) is 0 Å². The predicted molar refractivity (Wildman–Crippen MR) is 113 cm³/mol. The van der Waals surface area contributed by atoms with E-state index in [4.69, 9.17) is 13.9 Å². The van der Waals surface area contributed by atoms with Gasteiger partial charge in [0.2, 0.25) is 0 Å². The molecule has 0 aliphatic carbocycles. The largest absolute Gasteiger partial charge is 0.467 e. The van der Waals surface area contributed by atoms with E-state index in [1.165, 1.54) is 7.11 Å². The Hall–Kier alpha value is -1.95. The first kappa shape index (κ1) is 20.8. The number of carbonyl (C=O) groups excluding carboxylic acids is 1. The van der Waals surface area contributed by atoms with Crippen LogP contribution in [0.5, 0.6) is 0 Å². The molecule has 0 spiro atoms. The molecule has 2 atom stereocenters. The third-order valence-electron chi connectivity index (χ3n) is 5.08. The highest BCUT2D eigenvalue weighted by Crippen LogP contribution is 2.44. The number of esters is 1. The molecule has 0 radical (unpaired) electrons. The summed E-state index contributed by atoms with van der Waals surface area (Å²) in [5.74, 6) is -0.314. The number of carbonyl (C=O) groups is 1. The SMILES string of the molecule is COC(=O)[C@H]1CCC(C(O[SiH2]C(C)(C)C)(c2ccccc2)c2ccccc2)O1. The Morgan fingerprint density at radius 1 is 0.964 bits per heavy atom. The summed E-state index contributed by atoms with van der Waals surface area (Å²) < 4.78 is 18.1. The van der Waals surface area contributed by atoms with Gasteiger partial charge in [-0.1, -0.05) is 81.4 Å². The Morgan fingerprint density at radius 3 is 1.96 bits per heavy atom. The van der Waals surface area contributed by atoms with E-state index in [1.54, 1.807) is 0 Å². The van der Waals surface area contributed by atoms with Crippen LogP contribution < -0.4 is 0 Å². The Labute approximate surface area is 170 Å². The van der Waals surface area contributed by atoms with Crippen molar-refractivity contribution < 1.29 is 18.7 Å². The van der Waals surface area contributed by atoms with E-state index < -0.39 is 21.5 Å². The molecule has 0 aromatic heterocycles. The number of rotatable bonds is 6. The van der Waals surface area contributed by atoms with Crippen molar-refractivity contribution in [2.45, 2.75) is 56.5 Å². The summed E-state index contributed by atoms with van der Waals surface area (Å²) >= 11 is 0. The van der Waals surface area contributed by atoms with Gasteiger partial charge >= 0.3 is 5.97 Å². The van der Waals surface area contributed by atoms with Crippen molar-refractivity contribution in [1.29, 1.82) is 0 Å². The second kappa shape index (κ2) is 8.60. The van der Waals surface area contributed by atoms with Gasteiger partial charge in [0, 0.05) is 0 Å². The van der Waals surface area contributed by atoms with Crippen molar-refractivity contribution >= 4 is 15.7 Å². The zero-order valence-electron chi connectivity index (χ0n) is 17.2. The molecule has 1 aliphatic heterocycles. The van der Waals surface area contributed by atoms with Crippen LogP contribution in [-0.2, 0) is 24.3 Å². The Morgan fingerprint density at radius 2 is 1.50 bits per heavy atom. The number of methoxy groups -OCH3 is 1. The molecule has 1 saturated heterocycles. The minimum absolute atomic E-state index is 0.120. The monoisotopic (exact) mass is 398 g/mol. The highest BCUT2D eigenvalue weighted by Gasteiger charge is 2.49. The van der Waals surface area contributed by atoms with E-state index in [9.17, 15) is 4.79 Å². The standard InChI is InChI=1S/C23H30O4Si/c1-22(2,3)28-27-23(17-11-7-5-8-12-17,18-13-9-6-10-14-18)20-16-15-19(26-20)21(24)25-4/h5-14,19-20H,15-16,28H2,1-4H3/t19-,20?/m1/s1. The van der Waals surface area contributed by atoms with Crippen molar-refractivity contribution in [3.8, 4) is 0 Å². The summed E-state index contributed by atoms with van der Waals surface area (Å²) in [6.07, 6.45) is 0.583. The minimum Gasteiger partial charge on any atom is -0.467 e. The minimum atomic E-state index is -0.913. The van der Waals surface area contributed by atoms with Gasteiger partial charge in [-0.15, -0.1) is 0 Å². The van der Waals surface area contributed by atoms with Gasteiger partial charge in [-0.3, -0.25) is 0 Å². The van der Waals surface area contributed by atoms with E-state index in [2.05, 4.69) is 45.0 Å². The quantitative estimate of drug-likeness (QED) is 0.546. The first-order chi connectivity index (χ1) is 13.4. The molecule has 4 nitrogen and oxygen atoms in total. The maximum atomic E-state index is 12.1. The van der Waals surface area contributed by atoms with Crippen LogP contribution in [0, 0.1) is 0 Å². The van der Waals surface area contributed by atoms with E-state index in [1.807, 2.05) is 36.4 Å². The van der Waals surface area contributed by atoms with Gasteiger partial charge in [0.25, 0.3) is 0 Å². The lowest BCUT2D eigenvalue weighted by Gasteiger charge is -2.41. The summed E-state index contributed by atoms with van der Waals surface area (Å²) in [6, 6.07) is 20.5. The van der Waals surface area contributed by atoms with Gasteiger partial charge in [-0.2, -0.15) is 0 Å². The lowest BCUT2D eigenvalue weighted by atomic mass is 9.80. The average molecular weight is 399 g/mol. The fourth-order valence-electron chi connectivity index (χ4n) is 3.74. The van der Waals surface area contributed by atoms with Crippen molar-refractivity contribution in [3.05, 3.63) is 71.8 Å². The van der Waals surface area contributed by atoms with Gasteiger partial charge in [-0.05, 0) is 29.0 Å². The lowest BCUT2D eigenvalue weighted by molar-refractivity contribution is -0.157. The highest BCUT2D eigenvalue weighted by atomic mass is 28.2. The molecule has 3 rings (SSSR count). The number of ether oxygens (including phenoxy) is 2. The maximum Gasteiger partial charge on any atom is 0.334 e. The molecule has 5 heteroatoms. The van der Waals surface area contributed by atoms with Crippen LogP contribution in [-0.4, -0.2) is 35.1 Å². The molecule has 0 N–H and O–H groups in total. The van der Waals surface area contributed by atoms with E-state index >= 15 is 0 Å². The summed E-state index contributed by atoms with van der Waals surface area (Å²) in [5, 5.41) is 0.120. The summed E-state index contributed by atoms with van der Waals surface area (Å²) in [7, 11) is 0.493. The molecule has 150 valence electrons. The van der Waals surface area contributed by atoms with Crippen LogP contribution in [0.2, 0.25) is 5.04 Å². The van der Waals surface area contributed by atoms with Gasteiger partial charge in [0.1, 0.15) is 5.60 Å². The number of hydrogen-bond acceptors (Lipinski definition) is 4. The van der Waals surface area contributed by atoms with Crippen LogP contribution in [0.3, 0.4) is 0 Å². The van der Waals surface area contributed by atoms with Crippen molar-refractivity contribution in [2.75, 3.05) is 7.11 Å². The molecule has 0 bridgehead atoms. The molecular weight excluding hydrogens is 368 g/mol. The molecule has 28 heavy (non-hydrogen) atoms. The van der Waals surface area contributed by atoms with Crippen LogP contribution >= 0.6 is 0 Å². The lowest BCUT2D eigenvalue weighted by Crippen LogP contribution is -2.46. The molecular formula is C23H30O4Si. The average Bonchev–Trinajstić information content (AvgIpc) is 3.19. The third kappa shape index (κ3) is 4.37. The van der Waals surface area contributed by atoms with Crippen molar-refractivity contribution in [3.63, 3.8) is 0 Å². The first-order valence-corrected chi connectivity index (χ1v) is 11.1. The summed E-state index contributed by atoms with van der Waals surface area (Å²) in [4.78, 5) is 12.1. The van der Waals surface area contributed by atoms with Crippen molar-refractivity contribution in [1.82, 2.24) is 0 Å². The van der Waals surface area contributed by atoms with Crippen LogP contribution in [0.15, 0.2) is 60.7 Å². The van der Waals surface area contributed by atoms with Gasteiger partial charge in [0.05, 0.1) is 13.2 Å². The molecule has 1 aliphatic rings. The second-order valence-corrected chi connectivity index (χ2v) is 11.2. The van der Waals surface area contributed by atoms with E-state index in [-0.39, 0.29) is 17.1 Å². The van der Waals surface area contributed by atoms with Gasteiger partial charge in [-0.25, -0.2) is 4.79 Å². The third-order valence-corrected chi connectivity index (χ3v) is 6.54. The second-order valence-electron chi connectivity index (χ2n) is 8.53. The normalized spacial score (nSPS) is 20.6. The fraction of sp³-hybridized carbons (Fsp3) is 0.435. The zero-order chi connectivity index (χ0) is 20.2. The van der Waals surface area contributed by atoms with Crippen LogP contribution in [0.25, 0.3) is 0 Å². The Balaban J connectivity index is 2.09. The zero-order valence-corrected chi connectivity index (χ0v) is 18.6. The summed E-state index contributed by atoms with van der Waals surface area (Å²) in [6.45, 7) is 6.65. The molecule has 0 amide bonds. The number of benzene rings is 2. The Kier molecular flexibility index (Phi) is 6.38. The molecule has 1 heterocycles. The first-order valence-electron chi connectivity index (χ1n) is 9.85. The highest BCUT2D eigenvalue weighted by molar-refractivity contribution is 6.32. The predicted octanol–water partition coefficient (Wildman–Crippen LogP) is 3.97. The fourth-order valence-corrected chi connectivity index (χ4v) is 4.92. The van der Waals surface area contributed by atoms with Crippen molar-refractivity contribution in [2.24, 2.45) is 0 Å². The molecule has 1 unspecified atom stereocenters. The van der Waals surface area contributed by atoms with E-state index in [0.717, 1.165) is 17.5 Å².